The van der Waals surface area contributed by atoms with Crippen molar-refractivity contribution in [3.63, 3.8) is 0 Å². The maximum atomic E-state index is 12.8. The molecule has 33 heavy (non-hydrogen) atoms. The molecule has 172 valence electrons. The third-order valence-corrected chi connectivity index (χ3v) is 7.08. The van der Waals surface area contributed by atoms with E-state index in [0.29, 0.717) is 5.17 Å². The summed E-state index contributed by atoms with van der Waals surface area (Å²) in [6.07, 6.45) is 8.28. The normalized spacial score (nSPS) is 17.0. The smallest absolute Gasteiger partial charge is 0.283 e. The van der Waals surface area contributed by atoms with Crippen molar-refractivity contribution in [1.82, 2.24) is 9.58 Å². The van der Waals surface area contributed by atoms with E-state index in [4.69, 9.17) is 5.41 Å². The van der Waals surface area contributed by atoms with Gasteiger partial charge in [-0.25, -0.2) is 0 Å². The van der Waals surface area contributed by atoms with Crippen LogP contribution in [0.15, 0.2) is 46.0 Å². The molecule has 0 bridgehead atoms. The SMILES string of the molecule is CCCCCCC1=NN2C(=N)C(=Cc3cc(C)n(-c4ccc(CC)cc4)c3C)C(=O)N=C2S1. The van der Waals surface area contributed by atoms with Gasteiger partial charge in [-0.15, -0.1) is 0 Å². The first-order valence-electron chi connectivity index (χ1n) is 11.7. The molecule has 0 saturated carbocycles. The number of amidine groups is 2. The van der Waals surface area contributed by atoms with Crippen LogP contribution in [-0.2, 0) is 11.2 Å². The molecule has 7 heteroatoms. The van der Waals surface area contributed by atoms with Gasteiger partial charge in [-0.1, -0.05) is 45.2 Å². The molecule has 0 unspecified atom stereocenters. The van der Waals surface area contributed by atoms with Gasteiger partial charge in [0, 0.05) is 17.1 Å². The molecule has 0 radical (unpaired) electrons. The molecule has 0 atom stereocenters. The van der Waals surface area contributed by atoms with E-state index < -0.39 is 0 Å². The lowest BCUT2D eigenvalue weighted by Gasteiger charge is -2.20. The molecular formula is C26H31N5OS. The highest BCUT2D eigenvalue weighted by molar-refractivity contribution is 8.26. The number of benzene rings is 1. The number of nitrogens with one attached hydrogen (secondary N) is 1. The van der Waals surface area contributed by atoms with Crippen LogP contribution in [-0.4, -0.2) is 31.5 Å². The van der Waals surface area contributed by atoms with Crippen molar-refractivity contribution in [3.05, 3.63) is 58.4 Å². The number of hydrogen-bond acceptors (Lipinski definition) is 4. The molecule has 1 N–H and O–H groups in total. The first kappa shape index (κ1) is 23.2. The van der Waals surface area contributed by atoms with Gasteiger partial charge in [-0.05, 0) is 80.3 Å². The summed E-state index contributed by atoms with van der Waals surface area (Å²) in [6, 6.07) is 10.6. The standard InChI is InChI=1S/C26H31N5OS/c1-5-7-8-9-10-23-29-31-24(27)22(25(32)28-26(31)33-23)16-20-15-17(3)30(18(20)4)21-13-11-19(6-2)12-14-21/h11-16,27H,5-10H2,1-4H3. The molecule has 0 aliphatic carbocycles. The number of amides is 1. The van der Waals surface area contributed by atoms with Crippen molar-refractivity contribution in [2.75, 3.05) is 0 Å². The van der Waals surface area contributed by atoms with Crippen molar-refractivity contribution >= 4 is 39.8 Å². The second kappa shape index (κ2) is 9.91. The Bertz CT molecular complexity index is 1170. The number of aliphatic imine (C=N–C) groups is 1. The molecule has 0 saturated heterocycles. The molecule has 1 amide bonds. The number of fused-ring (bicyclic) bond motifs is 1. The number of unbranched alkanes of at least 4 members (excludes halogenated alkanes) is 3. The fraction of sp³-hybridized carbons (Fsp3) is 0.385. The summed E-state index contributed by atoms with van der Waals surface area (Å²) in [6.45, 7) is 8.43. The highest BCUT2D eigenvalue weighted by atomic mass is 32.2. The summed E-state index contributed by atoms with van der Waals surface area (Å²) in [7, 11) is 0. The van der Waals surface area contributed by atoms with Gasteiger partial charge in [0.05, 0.1) is 5.57 Å². The Morgan fingerprint density at radius 1 is 1.09 bits per heavy atom. The molecule has 6 nitrogen and oxygen atoms in total. The first-order chi connectivity index (χ1) is 15.9. The Morgan fingerprint density at radius 3 is 2.55 bits per heavy atom. The highest BCUT2D eigenvalue weighted by Crippen LogP contribution is 2.31. The molecule has 2 aromatic rings. The van der Waals surface area contributed by atoms with Gasteiger partial charge in [-0.2, -0.15) is 15.1 Å². The molecular weight excluding hydrogens is 430 g/mol. The van der Waals surface area contributed by atoms with Crippen LogP contribution >= 0.6 is 11.8 Å². The Morgan fingerprint density at radius 2 is 1.85 bits per heavy atom. The number of carbonyl (C=O) groups is 1. The predicted molar refractivity (Wildman–Crippen MR) is 138 cm³/mol. The van der Waals surface area contributed by atoms with Crippen LogP contribution < -0.4 is 0 Å². The lowest BCUT2D eigenvalue weighted by atomic mass is 10.1. The van der Waals surface area contributed by atoms with Crippen LogP contribution in [0.2, 0.25) is 0 Å². The Labute approximate surface area is 200 Å². The summed E-state index contributed by atoms with van der Waals surface area (Å²) in [5, 5.41) is 16.2. The number of carbonyl (C=O) groups excluding carboxylic acids is 1. The summed E-state index contributed by atoms with van der Waals surface area (Å²) in [5.41, 5.74) is 5.67. The quantitative estimate of drug-likeness (QED) is 0.373. The molecule has 0 fully saturated rings. The number of hydrazone groups is 1. The van der Waals surface area contributed by atoms with Crippen LogP contribution in [0.5, 0.6) is 0 Å². The average molecular weight is 462 g/mol. The Balaban J connectivity index is 1.59. The Kier molecular flexibility index (Phi) is 6.98. The molecule has 2 aliphatic heterocycles. The number of rotatable bonds is 8. The zero-order valence-corrected chi connectivity index (χ0v) is 20.6. The third-order valence-electron chi connectivity index (χ3n) is 6.11. The van der Waals surface area contributed by atoms with E-state index in [1.54, 1.807) is 6.08 Å². The highest BCUT2D eigenvalue weighted by Gasteiger charge is 2.35. The number of nitrogens with zero attached hydrogens (tertiary/aromatic N) is 4. The topological polar surface area (TPSA) is 73.8 Å². The van der Waals surface area contributed by atoms with Crippen molar-refractivity contribution in [2.45, 2.75) is 66.2 Å². The summed E-state index contributed by atoms with van der Waals surface area (Å²) in [5.74, 6) is -0.281. The van der Waals surface area contributed by atoms with Crippen LogP contribution in [0.25, 0.3) is 11.8 Å². The zero-order chi connectivity index (χ0) is 23.5. The fourth-order valence-electron chi connectivity index (χ4n) is 4.20. The van der Waals surface area contributed by atoms with Gasteiger partial charge in [-0.3, -0.25) is 10.2 Å². The fourth-order valence-corrected chi connectivity index (χ4v) is 5.13. The van der Waals surface area contributed by atoms with E-state index in [1.165, 1.54) is 41.6 Å². The minimum atomic E-state index is -0.377. The van der Waals surface area contributed by atoms with Crippen molar-refractivity contribution in [1.29, 1.82) is 5.41 Å². The minimum absolute atomic E-state index is 0.0955. The first-order valence-corrected chi connectivity index (χ1v) is 12.5. The largest absolute Gasteiger partial charge is 0.318 e. The Hall–Kier alpha value is -2.93. The van der Waals surface area contributed by atoms with Gasteiger partial charge < -0.3 is 4.57 Å². The molecule has 2 aliphatic rings. The zero-order valence-electron chi connectivity index (χ0n) is 19.8. The molecule has 3 heterocycles. The molecule has 1 aromatic carbocycles. The van der Waals surface area contributed by atoms with E-state index in [9.17, 15) is 4.79 Å². The van der Waals surface area contributed by atoms with E-state index in [-0.39, 0.29) is 17.3 Å². The molecule has 1 aromatic heterocycles. The number of aryl methyl sites for hydroxylation is 2. The summed E-state index contributed by atoms with van der Waals surface area (Å²) >= 11 is 1.41. The van der Waals surface area contributed by atoms with Crippen LogP contribution in [0.3, 0.4) is 0 Å². The van der Waals surface area contributed by atoms with E-state index >= 15 is 0 Å². The minimum Gasteiger partial charge on any atom is -0.318 e. The predicted octanol–water partition coefficient (Wildman–Crippen LogP) is 6.25. The summed E-state index contributed by atoms with van der Waals surface area (Å²) in [4.78, 5) is 17.0. The number of hydrogen-bond donors (Lipinski definition) is 1. The van der Waals surface area contributed by atoms with Gasteiger partial charge in [0.1, 0.15) is 5.04 Å². The third kappa shape index (κ3) is 4.74. The van der Waals surface area contributed by atoms with Gasteiger partial charge in [0.15, 0.2) is 5.84 Å². The second-order valence-corrected chi connectivity index (χ2v) is 9.55. The lowest BCUT2D eigenvalue weighted by molar-refractivity contribution is -0.114. The van der Waals surface area contributed by atoms with Gasteiger partial charge >= 0.3 is 0 Å². The lowest BCUT2D eigenvalue weighted by Crippen LogP contribution is -2.35. The van der Waals surface area contributed by atoms with Crippen LogP contribution in [0.4, 0.5) is 0 Å². The average Bonchev–Trinajstić information content (AvgIpc) is 3.34. The molecule has 4 rings (SSSR count). The van der Waals surface area contributed by atoms with Crippen molar-refractivity contribution in [2.24, 2.45) is 10.1 Å². The number of aromatic nitrogens is 1. The monoisotopic (exact) mass is 461 g/mol. The van der Waals surface area contributed by atoms with Crippen molar-refractivity contribution < 1.29 is 4.79 Å². The van der Waals surface area contributed by atoms with Gasteiger partial charge in [0.25, 0.3) is 5.91 Å². The van der Waals surface area contributed by atoms with Crippen molar-refractivity contribution in [3.8, 4) is 5.69 Å². The van der Waals surface area contributed by atoms with Crippen LogP contribution in [0, 0.1) is 19.3 Å². The van der Waals surface area contributed by atoms with E-state index in [1.807, 2.05) is 6.92 Å². The van der Waals surface area contributed by atoms with Gasteiger partial charge in [0.2, 0.25) is 5.17 Å². The number of thioether (sulfide) groups is 1. The summed E-state index contributed by atoms with van der Waals surface area (Å²) < 4.78 is 2.18. The molecule has 0 spiro atoms. The second-order valence-electron chi connectivity index (χ2n) is 8.51. The van der Waals surface area contributed by atoms with E-state index in [0.717, 1.165) is 46.9 Å². The maximum absolute atomic E-state index is 12.8. The van der Waals surface area contributed by atoms with Crippen LogP contribution in [0.1, 0.15) is 68.5 Å². The van der Waals surface area contributed by atoms with E-state index in [2.05, 4.69) is 65.8 Å². The maximum Gasteiger partial charge on any atom is 0.283 e.